The summed E-state index contributed by atoms with van der Waals surface area (Å²) in [5, 5.41) is 14.1. The molecule has 4 aromatic rings. The summed E-state index contributed by atoms with van der Waals surface area (Å²) in [5.41, 5.74) is 2.24. The Kier molecular flexibility index (Phi) is 6.25. The van der Waals surface area contributed by atoms with E-state index in [1.165, 1.54) is 46.2 Å². The number of thiazole rings is 1. The van der Waals surface area contributed by atoms with Crippen LogP contribution in [-0.4, -0.2) is 32.9 Å². The number of nitro groups is 1. The molecule has 1 saturated heterocycles. The van der Waals surface area contributed by atoms with Crippen molar-refractivity contribution in [1.82, 2.24) is 9.88 Å². The third kappa shape index (κ3) is 4.76. The molecule has 174 valence electrons. The lowest BCUT2D eigenvalue weighted by atomic mass is 10.1. The molecular weight excluding hydrogens is 508 g/mol. The molecule has 11 heteroatoms. The van der Waals surface area contributed by atoms with Crippen LogP contribution in [0.15, 0.2) is 80.4 Å². The number of carbonyl (C=O) groups is 1. The van der Waals surface area contributed by atoms with Crippen LogP contribution >= 0.6 is 34.7 Å². The van der Waals surface area contributed by atoms with E-state index in [1.54, 1.807) is 25.3 Å². The smallest absolute Gasteiger partial charge is 0.270 e. The largest absolute Gasteiger partial charge is 0.457 e. The number of benzene rings is 2. The molecule has 3 heterocycles. The average molecular weight is 523 g/mol. The number of rotatable bonds is 5. The second-order valence-electron chi connectivity index (χ2n) is 7.37. The Morgan fingerprint density at radius 1 is 1.17 bits per heavy atom. The van der Waals surface area contributed by atoms with Crippen LogP contribution < -0.4 is 0 Å². The molecule has 8 nitrogen and oxygen atoms in total. The number of halogens is 1. The first kappa shape index (κ1) is 23.0. The molecule has 0 N–H and O–H groups in total. The van der Waals surface area contributed by atoms with Crippen LogP contribution in [-0.2, 0) is 4.79 Å². The summed E-state index contributed by atoms with van der Waals surface area (Å²) in [4.78, 5) is 34.2. The highest BCUT2D eigenvalue weighted by molar-refractivity contribution is 8.18. The predicted octanol–water partition coefficient (Wildman–Crippen LogP) is 6.87. The number of thioether (sulfide) groups is 1. The van der Waals surface area contributed by atoms with Crippen molar-refractivity contribution in [1.29, 1.82) is 0 Å². The highest BCUT2D eigenvalue weighted by Crippen LogP contribution is 2.37. The fourth-order valence-corrected chi connectivity index (χ4v) is 5.28. The fraction of sp³-hybridized carbons (Fsp3) is 0.0417. The summed E-state index contributed by atoms with van der Waals surface area (Å²) >= 11 is 8.83. The van der Waals surface area contributed by atoms with Crippen LogP contribution in [0.5, 0.6) is 0 Å². The Morgan fingerprint density at radius 2 is 1.97 bits per heavy atom. The number of hydrogen-bond acceptors (Lipinski definition) is 8. The van der Waals surface area contributed by atoms with E-state index in [1.807, 2.05) is 35.7 Å². The van der Waals surface area contributed by atoms with Gasteiger partial charge in [-0.2, -0.15) is 4.99 Å². The third-order valence-corrected chi connectivity index (χ3v) is 7.19. The van der Waals surface area contributed by atoms with Crippen LogP contribution in [0.2, 0.25) is 5.02 Å². The summed E-state index contributed by atoms with van der Waals surface area (Å²) < 4.78 is 5.84. The normalized spacial score (nSPS) is 15.9. The van der Waals surface area contributed by atoms with Gasteiger partial charge in [-0.1, -0.05) is 41.9 Å². The van der Waals surface area contributed by atoms with Crippen molar-refractivity contribution < 1.29 is 14.1 Å². The van der Waals surface area contributed by atoms with Gasteiger partial charge in [0.25, 0.3) is 11.6 Å². The van der Waals surface area contributed by atoms with E-state index in [0.29, 0.717) is 32.3 Å². The number of likely N-dealkylation sites (N-methyl/N-ethyl adjacent to an activating group) is 1. The number of nitrogens with zero attached hydrogens (tertiary/aromatic N) is 4. The first-order valence-electron chi connectivity index (χ1n) is 10.2. The van der Waals surface area contributed by atoms with Gasteiger partial charge in [0, 0.05) is 41.8 Å². The second-order valence-corrected chi connectivity index (χ2v) is 9.63. The number of amidine groups is 1. The first-order chi connectivity index (χ1) is 16.9. The lowest BCUT2D eigenvalue weighted by Gasteiger charge is -2.05. The number of amides is 1. The molecule has 2 aromatic carbocycles. The van der Waals surface area contributed by atoms with Crippen molar-refractivity contribution in [2.45, 2.75) is 0 Å². The molecule has 2 aromatic heterocycles. The van der Waals surface area contributed by atoms with Gasteiger partial charge in [-0.25, -0.2) is 4.98 Å². The summed E-state index contributed by atoms with van der Waals surface area (Å²) in [5.74, 6) is 0.672. The molecule has 1 aliphatic heterocycles. The Hall–Kier alpha value is -3.73. The number of hydrogen-bond donors (Lipinski definition) is 0. The first-order valence-corrected chi connectivity index (χ1v) is 12.3. The summed E-state index contributed by atoms with van der Waals surface area (Å²) in [6.07, 6.45) is 1.63. The Bertz CT molecular complexity index is 1510. The summed E-state index contributed by atoms with van der Waals surface area (Å²) in [6, 6.07) is 17.4. The van der Waals surface area contributed by atoms with Crippen LogP contribution in [0.25, 0.3) is 28.7 Å². The summed E-state index contributed by atoms with van der Waals surface area (Å²) in [6.45, 7) is 0. The van der Waals surface area contributed by atoms with Gasteiger partial charge in [-0.15, -0.1) is 11.3 Å². The Balaban J connectivity index is 1.37. The number of aliphatic imine (C=N–C) groups is 1. The van der Waals surface area contributed by atoms with Gasteiger partial charge in [0.1, 0.15) is 11.5 Å². The van der Waals surface area contributed by atoms with Crippen molar-refractivity contribution in [2.75, 3.05) is 7.05 Å². The SMILES string of the molecule is CN1C(=O)/C(=C\c2ccc(-c3ccc([N+](=O)[O-])cc3Cl)o2)S/C1=N/c1nc(-c2ccccc2)cs1. The van der Waals surface area contributed by atoms with E-state index < -0.39 is 4.92 Å². The molecule has 1 aliphatic rings. The zero-order valence-corrected chi connectivity index (χ0v) is 20.4. The molecular formula is C24H15ClN4O4S2. The molecule has 0 spiro atoms. The van der Waals surface area contributed by atoms with Crippen LogP contribution in [0, 0.1) is 10.1 Å². The number of carbonyl (C=O) groups excluding carboxylic acids is 1. The molecule has 0 saturated carbocycles. The number of non-ortho nitro benzene ring substituents is 1. The maximum Gasteiger partial charge on any atom is 0.270 e. The summed E-state index contributed by atoms with van der Waals surface area (Å²) in [7, 11) is 1.66. The van der Waals surface area contributed by atoms with Gasteiger partial charge in [-0.05, 0) is 30.0 Å². The molecule has 1 fully saturated rings. The van der Waals surface area contributed by atoms with E-state index >= 15 is 0 Å². The molecule has 0 radical (unpaired) electrons. The van der Waals surface area contributed by atoms with Crippen molar-refractivity contribution in [3.8, 4) is 22.6 Å². The fourth-order valence-electron chi connectivity index (χ4n) is 3.31. The number of nitro benzene ring substituents is 1. The van der Waals surface area contributed by atoms with Crippen LogP contribution in [0.3, 0.4) is 0 Å². The van der Waals surface area contributed by atoms with Gasteiger partial charge in [0.2, 0.25) is 5.13 Å². The van der Waals surface area contributed by atoms with E-state index in [9.17, 15) is 14.9 Å². The maximum absolute atomic E-state index is 12.8. The van der Waals surface area contributed by atoms with Crippen molar-refractivity contribution >= 4 is 62.7 Å². The molecule has 1 amide bonds. The van der Waals surface area contributed by atoms with Crippen molar-refractivity contribution in [3.63, 3.8) is 0 Å². The standard InChI is InChI=1S/C24H15ClN4O4S2/c1-28-22(30)21(35-24(28)27-23-26-19(13-34-23)14-5-3-2-4-6-14)12-16-8-10-20(33-16)17-9-7-15(29(31)32)11-18(17)25/h2-13H,1H3/b21-12+,27-24+. The topological polar surface area (TPSA) is 102 Å². The van der Waals surface area contributed by atoms with Gasteiger partial charge < -0.3 is 4.42 Å². The third-order valence-electron chi connectivity index (χ3n) is 5.09. The Labute approximate surface area is 212 Å². The van der Waals surface area contributed by atoms with Gasteiger partial charge in [-0.3, -0.25) is 19.8 Å². The zero-order valence-electron chi connectivity index (χ0n) is 18.0. The van der Waals surface area contributed by atoms with Gasteiger partial charge in [0.05, 0.1) is 20.5 Å². The minimum atomic E-state index is -0.513. The second kappa shape index (κ2) is 9.49. The molecule has 5 rings (SSSR count). The lowest BCUT2D eigenvalue weighted by molar-refractivity contribution is -0.384. The van der Waals surface area contributed by atoms with E-state index in [0.717, 1.165) is 11.3 Å². The molecule has 0 atom stereocenters. The number of furan rings is 1. The quantitative estimate of drug-likeness (QED) is 0.161. The highest BCUT2D eigenvalue weighted by atomic mass is 35.5. The molecule has 0 unspecified atom stereocenters. The van der Waals surface area contributed by atoms with E-state index in [2.05, 4.69) is 9.98 Å². The van der Waals surface area contributed by atoms with Crippen molar-refractivity contribution in [2.24, 2.45) is 4.99 Å². The lowest BCUT2D eigenvalue weighted by Crippen LogP contribution is -2.23. The molecule has 35 heavy (non-hydrogen) atoms. The van der Waals surface area contributed by atoms with Gasteiger partial charge in [0.15, 0.2) is 5.17 Å². The predicted molar refractivity (Wildman–Crippen MR) is 139 cm³/mol. The van der Waals surface area contributed by atoms with Crippen LogP contribution in [0.1, 0.15) is 5.76 Å². The highest BCUT2D eigenvalue weighted by Gasteiger charge is 2.31. The minimum Gasteiger partial charge on any atom is -0.457 e. The molecule has 0 bridgehead atoms. The van der Waals surface area contributed by atoms with E-state index in [-0.39, 0.29) is 16.6 Å². The monoisotopic (exact) mass is 522 g/mol. The average Bonchev–Trinajstić information content (AvgIpc) is 3.57. The van der Waals surface area contributed by atoms with Gasteiger partial charge >= 0.3 is 0 Å². The van der Waals surface area contributed by atoms with Crippen molar-refractivity contribution in [3.05, 3.63) is 91.8 Å². The van der Waals surface area contributed by atoms with E-state index in [4.69, 9.17) is 16.0 Å². The Morgan fingerprint density at radius 3 is 2.71 bits per heavy atom. The molecule has 0 aliphatic carbocycles. The maximum atomic E-state index is 12.8. The van der Waals surface area contributed by atoms with Crippen LogP contribution in [0.4, 0.5) is 10.8 Å². The zero-order chi connectivity index (χ0) is 24.5. The minimum absolute atomic E-state index is 0.105. The number of aromatic nitrogens is 1.